The molecule has 2 rings (SSSR count). The number of nitrogens with one attached hydrogen (secondary N) is 1. The average molecular weight is 244 g/mol. The van der Waals surface area contributed by atoms with Gasteiger partial charge in [-0.05, 0) is 17.7 Å². The third-order valence-corrected chi connectivity index (χ3v) is 2.69. The van der Waals surface area contributed by atoms with Crippen LogP contribution in [0.2, 0.25) is 0 Å². The van der Waals surface area contributed by atoms with E-state index in [0.29, 0.717) is 24.5 Å². The molecule has 0 saturated carbocycles. The van der Waals surface area contributed by atoms with Gasteiger partial charge in [0, 0.05) is 19.6 Å². The molecule has 0 radical (unpaired) electrons. The van der Waals surface area contributed by atoms with Crippen LogP contribution in [0.15, 0.2) is 36.3 Å². The predicted molar refractivity (Wildman–Crippen MR) is 64.6 cm³/mol. The maximum Gasteiger partial charge on any atom is 0.274 e. The fourth-order valence-electron chi connectivity index (χ4n) is 1.90. The van der Waals surface area contributed by atoms with E-state index in [9.17, 15) is 10.1 Å². The molecule has 92 valence electrons. The van der Waals surface area contributed by atoms with Crippen LogP contribution in [0.4, 0.5) is 0 Å². The Hall–Kier alpha value is -2.55. The predicted octanol–water partition coefficient (Wildman–Crippen LogP) is 1.04. The van der Waals surface area contributed by atoms with Crippen molar-refractivity contribution in [3.8, 4) is 6.07 Å². The molecule has 18 heavy (non-hydrogen) atoms. The maximum atomic E-state index is 10.5. The summed E-state index contributed by atoms with van der Waals surface area (Å²) in [7, 11) is 0. The molecule has 1 N–H and O–H groups in total. The van der Waals surface area contributed by atoms with Crippen molar-refractivity contribution in [1.82, 2.24) is 10.2 Å². The third kappa shape index (κ3) is 2.77. The minimum atomic E-state index is -0.466. The number of nitrogens with zero attached hydrogens (tertiary/aromatic N) is 3. The molecule has 1 fully saturated rings. The molecule has 0 aliphatic carbocycles. The van der Waals surface area contributed by atoms with E-state index in [4.69, 9.17) is 5.26 Å². The van der Waals surface area contributed by atoms with Gasteiger partial charge in [0.15, 0.2) is 5.82 Å². The fourth-order valence-corrected chi connectivity index (χ4v) is 1.90. The van der Waals surface area contributed by atoms with Crippen molar-refractivity contribution in [3.05, 3.63) is 57.5 Å². The summed E-state index contributed by atoms with van der Waals surface area (Å²) in [5.41, 5.74) is 1.56. The molecule has 1 aliphatic heterocycles. The second-order valence-electron chi connectivity index (χ2n) is 3.96. The molecule has 0 atom stereocenters. The van der Waals surface area contributed by atoms with Gasteiger partial charge in [0.2, 0.25) is 0 Å². The molecule has 0 unspecified atom stereocenters. The first-order valence-electron chi connectivity index (χ1n) is 5.52. The van der Waals surface area contributed by atoms with E-state index in [1.54, 1.807) is 12.1 Å². The summed E-state index contributed by atoms with van der Waals surface area (Å²) in [6.07, 6.45) is 0.973. The number of nitriles is 1. The lowest BCUT2D eigenvalue weighted by atomic mass is 10.1. The van der Waals surface area contributed by atoms with Crippen LogP contribution in [0, 0.1) is 21.4 Å². The standard InChI is InChI=1S/C12H12N4O2/c13-7-10-2-1-3-11(6-10)8-15-5-4-14-12(15)9-16(17)18/h1-3,6,9,14H,4-5,8H2/b12-9+. The number of hydrogen-bond acceptors (Lipinski definition) is 5. The molecular weight excluding hydrogens is 232 g/mol. The SMILES string of the molecule is N#Cc1cccc(CN2CCN/C2=C\[N+](=O)[O-])c1. The van der Waals surface area contributed by atoms with Crippen molar-refractivity contribution in [3.63, 3.8) is 0 Å². The van der Waals surface area contributed by atoms with E-state index in [1.165, 1.54) is 0 Å². The number of nitro groups is 1. The van der Waals surface area contributed by atoms with E-state index in [1.807, 2.05) is 17.0 Å². The van der Waals surface area contributed by atoms with Gasteiger partial charge in [-0.1, -0.05) is 12.1 Å². The molecule has 6 heteroatoms. The highest BCUT2D eigenvalue weighted by molar-refractivity contribution is 5.33. The lowest BCUT2D eigenvalue weighted by Crippen LogP contribution is -2.20. The van der Waals surface area contributed by atoms with Crippen LogP contribution >= 0.6 is 0 Å². The van der Waals surface area contributed by atoms with E-state index >= 15 is 0 Å². The van der Waals surface area contributed by atoms with Crippen LogP contribution in [0.3, 0.4) is 0 Å². The number of rotatable bonds is 3. The largest absolute Gasteiger partial charge is 0.365 e. The molecule has 1 saturated heterocycles. The van der Waals surface area contributed by atoms with Crippen LogP contribution in [-0.2, 0) is 6.54 Å². The normalized spacial score (nSPS) is 16.4. The molecular formula is C12H12N4O2. The number of benzene rings is 1. The van der Waals surface area contributed by atoms with Gasteiger partial charge in [0.1, 0.15) is 0 Å². The summed E-state index contributed by atoms with van der Waals surface area (Å²) in [6, 6.07) is 9.33. The van der Waals surface area contributed by atoms with Gasteiger partial charge in [-0.25, -0.2) is 0 Å². The van der Waals surface area contributed by atoms with Gasteiger partial charge in [-0.3, -0.25) is 10.1 Å². The minimum Gasteiger partial charge on any atom is -0.365 e. The minimum absolute atomic E-state index is 0.466. The summed E-state index contributed by atoms with van der Waals surface area (Å²) in [5, 5.41) is 22.3. The van der Waals surface area contributed by atoms with E-state index in [2.05, 4.69) is 11.4 Å². The monoisotopic (exact) mass is 244 g/mol. The molecule has 0 spiro atoms. The Bertz CT molecular complexity index is 533. The van der Waals surface area contributed by atoms with E-state index in [0.717, 1.165) is 18.3 Å². The van der Waals surface area contributed by atoms with Crippen LogP contribution in [0.5, 0.6) is 0 Å². The van der Waals surface area contributed by atoms with Crippen molar-refractivity contribution in [2.45, 2.75) is 6.54 Å². The molecule has 1 heterocycles. The molecule has 1 aliphatic rings. The molecule has 1 aromatic rings. The van der Waals surface area contributed by atoms with E-state index in [-0.39, 0.29) is 0 Å². The van der Waals surface area contributed by atoms with Gasteiger partial charge < -0.3 is 10.2 Å². The highest BCUT2D eigenvalue weighted by Crippen LogP contribution is 2.14. The summed E-state index contributed by atoms with van der Waals surface area (Å²) in [5.74, 6) is 0.516. The van der Waals surface area contributed by atoms with Gasteiger partial charge in [-0.15, -0.1) is 0 Å². The van der Waals surface area contributed by atoms with Gasteiger partial charge in [0.05, 0.1) is 16.6 Å². The first kappa shape index (κ1) is 11.9. The molecule has 0 bridgehead atoms. The Labute approximate surface area is 104 Å². The van der Waals surface area contributed by atoms with Crippen molar-refractivity contribution in [2.75, 3.05) is 13.1 Å². The van der Waals surface area contributed by atoms with E-state index < -0.39 is 4.92 Å². The number of hydrogen-bond donors (Lipinski definition) is 1. The zero-order chi connectivity index (χ0) is 13.0. The van der Waals surface area contributed by atoms with Gasteiger partial charge in [-0.2, -0.15) is 5.26 Å². The zero-order valence-corrected chi connectivity index (χ0v) is 9.67. The van der Waals surface area contributed by atoms with Gasteiger partial charge >= 0.3 is 0 Å². The maximum absolute atomic E-state index is 10.5. The topological polar surface area (TPSA) is 82.2 Å². The average Bonchev–Trinajstić information content (AvgIpc) is 2.76. The molecule has 0 amide bonds. The van der Waals surface area contributed by atoms with Crippen molar-refractivity contribution in [2.24, 2.45) is 0 Å². The van der Waals surface area contributed by atoms with Crippen LogP contribution < -0.4 is 5.32 Å². The Kier molecular flexibility index (Phi) is 3.44. The second kappa shape index (κ2) is 5.19. The van der Waals surface area contributed by atoms with Crippen molar-refractivity contribution < 1.29 is 4.92 Å². The smallest absolute Gasteiger partial charge is 0.274 e. The van der Waals surface area contributed by atoms with Crippen molar-refractivity contribution >= 4 is 0 Å². The summed E-state index contributed by atoms with van der Waals surface area (Å²) in [4.78, 5) is 11.9. The van der Waals surface area contributed by atoms with Crippen molar-refractivity contribution in [1.29, 1.82) is 5.26 Å². The Morgan fingerprint density at radius 3 is 3.17 bits per heavy atom. The third-order valence-electron chi connectivity index (χ3n) is 2.69. The molecule has 6 nitrogen and oxygen atoms in total. The molecule has 1 aromatic carbocycles. The molecule has 0 aromatic heterocycles. The Morgan fingerprint density at radius 2 is 2.44 bits per heavy atom. The zero-order valence-electron chi connectivity index (χ0n) is 9.67. The second-order valence-corrected chi connectivity index (χ2v) is 3.96. The van der Waals surface area contributed by atoms with Crippen LogP contribution in [0.25, 0.3) is 0 Å². The highest BCUT2D eigenvalue weighted by atomic mass is 16.6. The fraction of sp³-hybridized carbons (Fsp3) is 0.250. The Balaban J connectivity index is 2.13. The Morgan fingerprint density at radius 1 is 1.61 bits per heavy atom. The van der Waals surface area contributed by atoms with Crippen LogP contribution in [0.1, 0.15) is 11.1 Å². The summed E-state index contributed by atoms with van der Waals surface area (Å²) >= 11 is 0. The lowest BCUT2D eigenvalue weighted by Gasteiger charge is -2.17. The first-order valence-corrected chi connectivity index (χ1v) is 5.52. The van der Waals surface area contributed by atoms with Crippen LogP contribution in [-0.4, -0.2) is 22.9 Å². The highest BCUT2D eigenvalue weighted by Gasteiger charge is 2.19. The summed E-state index contributed by atoms with van der Waals surface area (Å²) in [6.45, 7) is 1.97. The summed E-state index contributed by atoms with van der Waals surface area (Å²) < 4.78 is 0. The first-order chi connectivity index (χ1) is 8.69. The quantitative estimate of drug-likeness (QED) is 0.634. The van der Waals surface area contributed by atoms with Gasteiger partial charge in [0.25, 0.3) is 6.20 Å². The lowest BCUT2D eigenvalue weighted by molar-refractivity contribution is -0.404.